The molecule has 0 amide bonds. The van der Waals surface area contributed by atoms with Crippen LogP contribution in [0.25, 0.3) is 11.7 Å². The number of hydrogen-bond donors (Lipinski definition) is 4. The number of halogens is 1. The van der Waals surface area contributed by atoms with Gasteiger partial charge in [0.1, 0.15) is 11.5 Å². The zero-order chi connectivity index (χ0) is 22.0. The fourth-order valence-electron chi connectivity index (χ4n) is 2.97. The molecular weight excluding hydrogens is 420 g/mol. The molecule has 1 aromatic carbocycles. The van der Waals surface area contributed by atoms with Crippen molar-refractivity contribution in [3.8, 4) is 5.88 Å². The lowest BCUT2D eigenvalue weighted by Crippen LogP contribution is -2.22. The summed E-state index contributed by atoms with van der Waals surface area (Å²) in [5, 5.41) is 18.7. The minimum absolute atomic E-state index is 0.237. The van der Waals surface area contributed by atoms with Gasteiger partial charge in [-0.2, -0.15) is 9.61 Å². The lowest BCUT2D eigenvalue weighted by atomic mass is 10.3. The van der Waals surface area contributed by atoms with Crippen molar-refractivity contribution < 1.29 is 5.11 Å². The summed E-state index contributed by atoms with van der Waals surface area (Å²) < 4.78 is 1.62. The summed E-state index contributed by atoms with van der Waals surface area (Å²) in [5.41, 5.74) is 1.64. The van der Waals surface area contributed by atoms with Crippen LogP contribution in [0.15, 0.2) is 46.3 Å². The predicted molar refractivity (Wildman–Crippen MR) is 119 cm³/mol. The van der Waals surface area contributed by atoms with Crippen LogP contribution in [0.1, 0.15) is 5.69 Å². The number of rotatable bonds is 6. The van der Waals surface area contributed by atoms with Gasteiger partial charge >= 0.3 is 5.69 Å². The number of anilines is 2. The van der Waals surface area contributed by atoms with E-state index in [2.05, 4.69) is 30.4 Å². The van der Waals surface area contributed by atoms with E-state index in [1.54, 1.807) is 35.0 Å². The Balaban J connectivity index is 1.86. The van der Waals surface area contributed by atoms with Crippen LogP contribution in [-0.2, 0) is 0 Å². The second-order valence-corrected chi connectivity index (χ2v) is 7.58. The maximum Gasteiger partial charge on any atom is 0.326 e. The van der Waals surface area contributed by atoms with Crippen molar-refractivity contribution >= 4 is 34.8 Å². The van der Waals surface area contributed by atoms with E-state index < -0.39 is 5.69 Å². The number of aromatic nitrogens is 5. The number of hydrogen-bond acceptors (Lipinski definition) is 7. The van der Waals surface area contributed by atoms with E-state index >= 15 is 0 Å². The molecule has 0 bridgehead atoms. The quantitative estimate of drug-likeness (QED) is 0.352. The Morgan fingerprint density at radius 3 is 2.87 bits per heavy atom. The van der Waals surface area contributed by atoms with Crippen LogP contribution < -0.4 is 21.7 Å². The van der Waals surface area contributed by atoms with Gasteiger partial charge in [-0.25, -0.2) is 9.78 Å². The van der Waals surface area contributed by atoms with E-state index in [0.29, 0.717) is 33.7 Å². The molecule has 160 valence electrons. The summed E-state index contributed by atoms with van der Waals surface area (Å²) >= 11 is 6.09. The molecule has 0 fully saturated rings. The molecule has 0 unspecified atom stereocenters. The van der Waals surface area contributed by atoms with Gasteiger partial charge in [0.2, 0.25) is 5.88 Å². The van der Waals surface area contributed by atoms with Crippen LogP contribution in [0.2, 0.25) is 5.02 Å². The third-order valence-corrected chi connectivity index (χ3v) is 4.67. The minimum atomic E-state index is -0.504. The van der Waals surface area contributed by atoms with E-state index in [1.807, 2.05) is 31.1 Å². The molecule has 3 heterocycles. The van der Waals surface area contributed by atoms with Crippen molar-refractivity contribution in [2.24, 2.45) is 4.99 Å². The predicted octanol–water partition coefficient (Wildman–Crippen LogP) is 0.858. The van der Waals surface area contributed by atoms with Crippen molar-refractivity contribution in [2.45, 2.75) is 0 Å². The SMILES string of the molecule is CN(C)CCN=c1cc(Nc2cccc(Cl)c2)nc2c(=Cc3[nH]c(=O)[nH]c3O)cnn12. The minimum Gasteiger partial charge on any atom is -0.493 e. The van der Waals surface area contributed by atoms with Crippen LogP contribution >= 0.6 is 11.6 Å². The second-order valence-electron chi connectivity index (χ2n) is 7.14. The first-order chi connectivity index (χ1) is 14.9. The monoisotopic (exact) mass is 440 g/mol. The number of aromatic hydroxyl groups is 1. The highest BCUT2D eigenvalue weighted by atomic mass is 35.5. The maximum absolute atomic E-state index is 11.4. The molecule has 31 heavy (non-hydrogen) atoms. The van der Waals surface area contributed by atoms with Gasteiger partial charge in [-0.1, -0.05) is 17.7 Å². The van der Waals surface area contributed by atoms with Crippen molar-refractivity contribution in [3.63, 3.8) is 0 Å². The molecular formula is C20H21ClN8O2. The lowest BCUT2D eigenvalue weighted by Gasteiger charge is -2.08. The molecule has 0 radical (unpaired) electrons. The van der Waals surface area contributed by atoms with Crippen LogP contribution in [-0.4, -0.2) is 61.8 Å². The van der Waals surface area contributed by atoms with Crippen molar-refractivity contribution in [2.75, 3.05) is 32.5 Å². The third-order valence-electron chi connectivity index (χ3n) is 4.43. The molecule has 11 heteroatoms. The van der Waals surface area contributed by atoms with E-state index in [-0.39, 0.29) is 11.6 Å². The first-order valence-electron chi connectivity index (χ1n) is 9.48. The Hall–Kier alpha value is -3.63. The summed E-state index contributed by atoms with van der Waals surface area (Å²) in [4.78, 5) is 27.6. The fraction of sp³-hybridized carbons (Fsp3) is 0.200. The average molecular weight is 441 g/mol. The molecule has 3 aromatic heterocycles. The number of imidazole rings is 1. The van der Waals surface area contributed by atoms with Crippen molar-refractivity contribution in [3.05, 3.63) is 68.4 Å². The molecule has 0 spiro atoms. The molecule has 10 nitrogen and oxygen atoms in total. The Labute approximate surface area is 181 Å². The van der Waals surface area contributed by atoms with Gasteiger partial charge in [0.05, 0.1) is 12.7 Å². The van der Waals surface area contributed by atoms with Crippen molar-refractivity contribution in [1.82, 2.24) is 29.5 Å². The highest BCUT2D eigenvalue weighted by Crippen LogP contribution is 2.18. The van der Waals surface area contributed by atoms with Gasteiger partial charge in [0.15, 0.2) is 11.1 Å². The molecule has 0 saturated carbocycles. The Morgan fingerprint density at radius 2 is 2.16 bits per heavy atom. The summed E-state index contributed by atoms with van der Waals surface area (Å²) in [5.74, 6) is 0.300. The Kier molecular flexibility index (Phi) is 5.74. The molecule has 4 aromatic rings. The molecule has 0 aliphatic rings. The van der Waals surface area contributed by atoms with Gasteiger partial charge in [-0.15, -0.1) is 0 Å². The highest BCUT2D eigenvalue weighted by Gasteiger charge is 2.08. The fourth-order valence-corrected chi connectivity index (χ4v) is 3.16. The third kappa shape index (κ3) is 4.76. The Bertz CT molecular complexity index is 1400. The second kappa shape index (κ2) is 8.62. The number of H-pyrrole nitrogens is 2. The normalized spacial score (nSPS) is 12.9. The topological polar surface area (TPSA) is 127 Å². The number of aromatic amines is 2. The van der Waals surface area contributed by atoms with Crippen molar-refractivity contribution in [1.29, 1.82) is 0 Å². The van der Waals surface area contributed by atoms with E-state index in [1.165, 1.54) is 0 Å². The highest BCUT2D eigenvalue weighted by molar-refractivity contribution is 6.30. The zero-order valence-corrected chi connectivity index (χ0v) is 17.7. The molecule has 0 saturated heterocycles. The van der Waals surface area contributed by atoms with Gasteiger partial charge in [-0.3, -0.25) is 9.98 Å². The number of benzene rings is 1. The van der Waals surface area contributed by atoms with Crippen LogP contribution in [0.4, 0.5) is 11.5 Å². The van der Waals surface area contributed by atoms with Gasteiger partial charge in [0.25, 0.3) is 0 Å². The average Bonchev–Trinajstić information content (AvgIpc) is 3.24. The summed E-state index contributed by atoms with van der Waals surface area (Å²) in [6, 6.07) is 9.11. The standard InChI is InChI=1S/C20H21ClN8O2/c1-28(2)7-6-22-17-10-16(24-14-5-3-4-13(21)9-14)26-18-12(11-23-29(17)18)8-15-19(30)27-20(31)25-15/h3-5,8-11,24,30H,6-7H2,1-2H3,(H2,25,27,31). The van der Waals surface area contributed by atoms with Crippen LogP contribution in [0.5, 0.6) is 5.88 Å². The number of likely N-dealkylation sites (N-methyl/N-ethyl adjacent to an activating group) is 1. The zero-order valence-electron chi connectivity index (χ0n) is 16.9. The Morgan fingerprint density at radius 1 is 1.32 bits per heavy atom. The first-order valence-corrected chi connectivity index (χ1v) is 9.86. The lowest BCUT2D eigenvalue weighted by molar-refractivity contribution is 0.418. The maximum atomic E-state index is 11.4. The van der Waals surface area contributed by atoms with Crippen LogP contribution in [0.3, 0.4) is 0 Å². The first kappa shape index (κ1) is 20.6. The molecule has 0 aliphatic carbocycles. The molecule has 0 aliphatic heterocycles. The van der Waals surface area contributed by atoms with E-state index in [9.17, 15) is 9.90 Å². The van der Waals surface area contributed by atoms with E-state index in [4.69, 9.17) is 11.6 Å². The number of nitrogens with one attached hydrogen (secondary N) is 3. The smallest absolute Gasteiger partial charge is 0.326 e. The van der Waals surface area contributed by atoms with E-state index in [0.717, 1.165) is 12.2 Å². The molecule has 4 N–H and O–H groups in total. The van der Waals surface area contributed by atoms with Crippen LogP contribution in [0, 0.1) is 0 Å². The summed E-state index contributed by atoms with van der Waals surface area (Å²) in [6.45, 7) is 1.35. The number of fused-ring (bicyclic) bond motifs is 1. The summed E-state index contributed by atoms with van der Waals surface area (Å²) in [7, 11) is 3.96. The van der Waals surface area contributed by atoms with Gasteiger partial charge in [0, 0.05) is 28.5 Å². The molecule has 4 rings (SSSR count). The van der Waals surface area contributed by atoms with Gasteiger partial charge < -0.3 is 20.3 Å². The van der Waals surface area contributed by atoms with Gasteiger partial charge in [-0.05, 0) is 38.4 Å². The molecule has 0 atom stereocenters. The summed E-state index contributed by atoms with van der Waals surface area (Å²) in [6.07, 6.45) is 3.19. The number of nitrogens with zero attached hydrogens (tertiary/aromatic N) is 5. The largest absolute Gasteiger partial charge is 0.493 e.